The Kier molecular flexibility index (Phi) is 4.23. The van der Waals surface area contributed by atoms with Crippen molar-refractivity contribution >= 4 is 5.97 Å². The van der Waals surface area contributed by atoms with Gasteiger partial charge in [0.1, 0.15) is 5.75 Å². The van der Waals surface area contributed by atoms with E-state index in [-0.39, 0.29) is 5.75 Å². The summed E-state index contributed by atoms with van der Waals surface area (Å²) in [6, 6.07) is 5.70. The first-order valence-corrected chi connectivity index (χ1v) is 6.41. The summed E-state index contributed by atoms with van der Waals surface area (Å²) in [5.74, 6) is -0.952. The van der Waals surface area contributed by atoms with E-state index in [2.05, 4.69) is 4.74 Å². The first-order valence-electron chi connectivity index (χ1n) is 6.41. The monoisotopic (exact) mass is 286 g/mol. The molecule has 0 aromatic heterocycles. The highest BCUT2D eigenvalue weighted by Gasteiger charge is 2.43. The zero-order chi connectivity index (χ0) is 14.8. The van der Waals surface area contributed by atoms with Gasteiger partial charge in [0.15, 0.2) is 0 Å². The predicted octanol–water partition coefficient (Wildman–Crippen LogP) is 2.55. The quantitative estimate of drug-likeness (QED) is 0.892. The summed E-state index contributed by atoms with van der Waals surface area (Å²) in [4.78, 5) is 11.6. The van der Waals surface area contributed by atoms with Gasteiger partial charge in [-0.25, -0.2) is 0 Å². The summed E-state index contributed by atoms with van der Waals surface area (Å²) in [6.45, 7) is -2.90. The molecule has 0 atom stereocenters. The molecule has 0 spiro atoms. The summed E-state index contributed by atoms with van der Waals surface area (Å²) < 4.78 is 28.4. The summed E-state index contributed by atoms with van der Waals surface area (Å²) in [5, 5.41) is 19.0. The number of halogens is 2. The molecule has 4 nitrogen and oxygen atoms in total. The van der Waals surface area contributed by atoms with Gasteiger partial charge in [-0.1, -0.05) is 12.1 Å². The Morgan fingerprint density at radius 2 is 1.80 bits per heavy atom. The summed E-state index contributed by atoms with van der Waals surface area (Å²) in [7, 11) is 0. The molecule has 1 aromatic rings. The van der Waals surface area contributed by atoms with Gasteiger partial charge in [0, 0.05) is 0 Å². The number of hydrogen-bond acceptors (Lipinski definition) is 3. The number of aliphatic carboxylic acids is 1. The van der Waals surface area contributed by atoms with Crippen LogP contribution in [0.2, 0.25) is 0 Å². The molecule has 110 valence electrons. The van der Waals surface area contributed by atoms with E-state index in [4.69, 9.17) is 0 Å². The van der Waals surface area contributed by atoms with E-state index < -0.39 is 24.1 Å². The Hall–Kier alpha value is -1.69. The van der Waals surface area contributed by atoms with Crippen molar-refractivity contribution in [2.75, 3.05) is 0 Å². The van der Waals surface area contributed by atoms with E-state index >= 15 is 0 Å². The fourth-order valence-corrected chi connectivity index (χ4v) is 2.68. The lowest BCUT2D eigenvalue weighted by Crippen LogP contribution is -2.40. The van der Waals surface area contributed by atoms with E-state index in [1.807, 2.05) is 0 Å². The minimum absolute atomic E-state index is 0.000123. The standard InChI is InChI=1S/C14H16F2O4/c15-13(16)20-11-3-1-9(2-4-11)14(12(18)19)7-5-10(17)6-8-14/h1-4,10,13,17H,5-8H2,(H,18,19). The normalized spacial score (nSPS) is 26.5. The molecular weight excluding hydrogens is 270 g/mol. The number of rotatable bonds is 4. The van der Waals surface area contributed by atoms with Crippen molar-refractivity contribution in [3.8, 4) is 5.75 Å². The fourth-order valence-electron chi connectivity index (χ4n) is 2.68. The molecule has 0 amide bonds. The molecule has 0 saturated heterocycles. The van der Waals surface area contributed by atoms with Crippen molar-refractivity contribution < 1.29 is 28.5 Å². The highest BCUT2D eigenvalue weighted by Crippen LogP contribution is 2.40. The molecule has 6 heteroatoms. The Morgan fingerprint density at radius 1 is 1.25 bits per heavy atom. The number of carboxylic acid groups (broad SMARTS) is 1. The first kappa shape index (κ1) is 14.7. The van der Waals surface area contributed by atoms with Crippen LogP contribution in [0.3, 0.4) is 0 Å². The lowest BCUT2D eigenvalue weighted by Gasteiger charge is -2.35. The van der Waals surface area contributed by atoms with Crippen LogP contribution < -0.4 is 4.74 Å². The van der Waals surface area contributed by atoms with Gasteiger partial charge < -0.3 is 14.9 Å². The molecule has 1 aliphatic carbocycles. The Balaban J connectivity index is 2.24. The third kappa shape index (κ3) is 2.90. The number of aliphatic hydroxyl groups is 1. The average Bonchev–Trinajstić information content (AvgIpc) is 2.40. The van der Waals surface area contributed by atoms with Crippen LogP contribution in [0.25, 0.3) is 0 Å². The van der Waals surface area contributed by atoms with E-state index in [1.165, 1.54) is 24.3 Å². The van der Waals surface area contributed by atoms with Gasteiger partial charge in [0.2, 0.25) is 0 Å². The molecule has 0 bridgehead atoms. The molecule has 0 radical (unpaired) electrons. The number of benzene rings is 1. The van der Waals surface area contributed by atoms with Crippen molar-refractivity contribution in [2.45, 2.75) is 43.8 Å². The largest absolute Gasteiger partial charge is 0.481 e. The fraction of sp³-hybridized carbons (Fsp3) is 0.500. The van der Waals surface area contributed by atoms with Crippen molar-refractivity contribution in [2.24, 2.45) is 0 Å². The molecule has 1 aliphatic rings. The summed E-state index contributed by atoms with van der Waals surface area (Å²) in [6.07, 6.45) is 1.03. The second-order valence-corrected chi connectivity index (χ2v) is 5.02. The lowest BCUT2D eigenvalue weighted by atomic mass is 9.69. The SMILES string of the molecule is O=C(O)C1(c2ccc(OC(F)F)cc2)CCC(O)CC1. The van der Waals surface area contributed by atoms with Gasteiger partial charge in [-0.2, -0.15) is 8.78 Å². The van der Waals surface area contributed by atoms with E-state index in [0.717, 1.165) is 0 Å². The number of ether oxygens (including phenoxy) is 1. The molecule has 2 rings (SSSR count). The van der Waals surface area contributed by atoms with Crippen LogP contribution in [0.4, 0.5) is 8.78 Å². The number of carboxylic acids is 1. The summed E-state index contributed by atoms with van der Waals surface area (Å²) in [5.41, 5.74) is -0.499. The molecule has 0 unspecified atom stereocenters. The minimum Gasteiger partial charge on any atom is -0.481 e. The number of alkyl halides is 2. The molecule has 1 aromatic carbocycles. The van der Waals surface area contributed by atoms with Crippen LogP contribution in [0.5, 0.6) is 5.75 Å². The molecule has 20 heavy (non-hydrogen) atoms. The second kappa shape index (κ2) is 5.75. The van der Waals surface area contributed by atoms with Crippen molar-refractivity contribution in [3.05, 3.63) is 29.8 Å². The number of hydrogen-bond donors (Lipinski definition) is 2. The Labute approximate surface area is 115 Å². The van der Waals surface area contributed by atoms with E-state index in [0.29, 0.717) is 31.2 Å². The van der Waals surface area contributed by atoms with Crippen LogP contribution in [-0.4, -0.2) is 28.9 Å². The molecule has 0 aliphatic heterocycles. The van der Waals surface area contributed by atoms with Crippen LogP contribution >= 0.6 is 0 Å². The van der Waals surface area contributed by atoms with Crippen LogP contribution in [0.1, 0.15) is 31.2 Å². The molecule has 1 fully saturated rings. The van der Waals surface area contributed by atoms with Crippen molar-refractivity contribution in [1.29, 1.82) is 0 Å². The molecular formula is C14H16F2O4. The van der Waals surface area contributed by atoms with Gasteiger partial charge in [-0.05, 0) is 43.4 Å². The third-order valence-corrected chi connectivity index (χ3v) is 3.85. The second-order valence-electron chi connectivity index (χ2n) is 5.02. The predicted molar refractivity (Wildman–Crippen MR) is 66.9 cm³/mol. The van der Waals surface area contributed by atoms with Crippen molar-refractivity contribution in [3.63, 3.8) is 0 Å². The van der Waals surface area contributed by atoms with Gasteiger partial charge in [0.25, 0.3) is 0 Å². The zero-order valence-corrected chi connectivity index (χ0v) is 10.8. The lowest BCUT2D eigenvalue weighted by molar-refractivity contribution is -0.146. The van der Waals surface area contributed by atoms with E-state index in [9.17, 15) is 23.8 Å². The highest BCUT2D eigenvalue weighted by atomic mass is 19.3. The van der Waals surface area contributed by atoms with E-state index in [1.54, 1.807) is 0 Å². The minimum atomic E-state index is -2.90. The highest BCUT2D eigenvalue weighted by molar-refractivity contribution is 5.81. The first-order chi connectivity index (χ1) is 9.44. The van der Waals surface area contributed by atoms with Crippen molar-refractivity contribution in [1.82, 2.24) is 0 Å². The van der Waals surface area contributed by atoms with Gasteiger partial charge in [-0.3, -0.25) is 4.79 Å². The van der Waals surface area contributed by atoms with Crippen LogP contribution in [0, 0.1) is 0 Å². The Bertz CT molecular complexity index is 465. The number of carbonyl (C=O) groups is 1. The maximum atomic E-state index is 12.1. The third-order valence-electron chi connectivity index (χ3n) is 3.85. The smallest absolute Gasteiger partial charge is 0.387 e. The maximum Gasteiger partial charge on any atom is 0.387 e. The zero-order valence-electron chi connectivity index (χ0n) is 10.8. The summed E-state index contributed by atoms with van der Waals surface area (Å²) >= 11 is 0. The number of aliphatic hydroxyl groups excluding tert-OH is 1. The van der Waals surface area contributed by atoms with Gasteiger partial charge in [0.05, 0.1) is 11.5 Å². The Morgan fingerprint density at radius 3 is 2.25 bits per heavy atom. The molecule has 1 saturated carbocycles. The van der Waals surface area contributed by atoms with Gasteiger partial charge in [-0.15, -0.1) is 0 Å². The van der Waals surface area contributed by atoms with Crippen LogP contribution in [-0.2, 0) is 10.2 Å². The topological polar surface area (TPSA) is 66.8 Å². The molecule has 0 heterocycles. The maximum absolute atomic E-state index is 12.1. The average molecular weight is 286 g/mol. The molecule has 2 N–H and O–H groups in total. The van der Waals surface area contributed by atoms with Crippen LogP contribution in [0.15, 0.2) is 24.3 Å². The van der Waals surface area contributed by atoms with Gasteiger partial charge >= 0.3 is 12.6 Å².